The lowest BCUT2D eigenvalue weighted by Gasteiger charge is -2.16. The van der Waals surface area contributed by atoms with Crippen molar-refractivity contribution in [2.45, 2.75) is 25.0 Å². The van der Waals surface area contributed by atoms with E-state index in [9.17, 15) is 4.79 Å². The number of benzene rings is 2. The standard InChI is InChI=1S/C20H23NO4/c1-24-12-13-25-14-15-2-4-16(5-3-15)17-6-8-18(9-7-17)20(10-11-20)21-19(22)23/h2-9,21H,10-14H2,1H3,(H,22,23). The van der Waals surface area contributed by atoms with Gasteiger partial charge in [0.2, 0.25) is 0 Å². The molecule has 25 heavy (non-hydrogen) atoms. The second-order valence-electron chi connectivity index (χ2n) is 6.33. The van der Waals surface area contributed by atoms with Crippen LogP contribution >= 0.6 is 0 Å². The predicted octanol–water partition coefficient (Wildman–Crippen LogP) is 3.77. The van der Waals surface area contributed by atoms with Gasteiger partial charge in [0.15, 0.2) is 0 Å². The molecule has 132 valence electrons. The Hall–Kier alpha value is -2.37. The number of rotatable bonds is 8. The summed E-state index contributed by atoms with van der Waals surface area (Å²) in [5, 5.41) is 11.6. The van der Waals surface area contributed by atoms with Gasteiger partial charge in [0.1, 0.15) is 0 Å². The molecule has 0 spiro atoms. The summed E-state index contributed by atoms with van der Waals surface area (Å²) in [7, 11) is 1.66. The van der Waals surface area contributed by atoms with Crippen LogP contribution < -0.4 is 5.32 Å². The molecule has 0 bridgehead atoms. The minimum absolute atomic E-state index is 0.381. The third-order valence-electron chi connectivity index (χ3n) is 4.52. The summed E-state index contributed by atoms with van der Waals surface area (Å²) in [5.41, 5.74) is 4.01. The van der Waals surface area contributed by atoms with Gasteiger partial charge in [-0.25, -0.2) is 4.79 Å². The van der Waals surface area contributed by atoms with Crippen LogP contribution in [0.5, 0.6) is 0 Å². The van der Waals surface area contributed by atoms with Crippen LogP contribution in [-0.2, 0) is 21.6 Å². The molecule has 5 heteroatoms. The Morgan fingerprint density at radius 3 is 2.16 bits per heavy atom. The lowest BCUT2D eigenvalue weighted by atomic mass is 9.99. The van der Waals surface area contributed by atoms with Crippen LogP contribution in [0.3, 0.4) is 0 Å². The maximum absolute atomic E-state index is 10.9. The molecule has 1 aliphatic carbocycles. The molecule has 0 aromatic heterocycles. The fraction of sp³-hybridized carbons (Fsp3) is 0.350. The summed E-state index contributed by atoms with van der Waals surface area (Å²) in [5.74, 6) is 0. The van der Waals surface area contributed by atoms with E-state index < -0.39 is 6.09 Å². The monoisotopic (exact) mass is 341 g/mol. The first-order valence-corrected chi connectivity index (χ1v) is 8.41. The van der Waals surface area contributed by atoms with Gasteiger partial charge in [-0.15, -0.1) is 0 Å². The summed E-state index contributed by atoms with van der Waals surface area (Å²) in [4.78, 5) is 10.9. The second kappa shape index (κ2) is 7.68. The Balaban J connectivity index is 1.63. The van der Waals surface area contributed by atoms with Gasteiger partial charge >= 0.3 is 6.09 Å². The van der Waals surface area contributed by atoms with Crippen LogP contribution in [0.4, 0.5) is 4.79 Å². The van der Waals surface area contributed by atoms with Crippen molar-refractivity contribution in [1.82, 2.24) is 5.32 Å². The smallest absolute Gasteiger partial charge is 0.405 e. The molecule has 2 aromatic carbocycles. The van der Waals surface area contributed by atoms with Gasteiger partial charge in [0.05, 0.1) is 25.4 Å². The van der Waals surface area contributed by atoms with Crippen molar-refractivity contribution in [3.8, 4) is 11.1 Å². The Kier molecular flexibility index (Phi) is 5.36. The number of methoxy groups -OCH3 is 1. The van der Waals surface area contributed by atoms with Gasteiger partial charge < -0.3 is 19.9 Å². The van der Waals surface area contributed by atoms with E-state index >= 15 is 0 Å². The normalized spacial score (nSPS) is 14.9. The first kappa shape index (κ1) is 17.5. The fourth-order valence-corrected chi connectivity index (χ4v) is 2.92. The van der Waals surface area contributed by atoms with Crippen molar-refractivity contribution in [3.05, 3.63) is 59.7 Å². The fourth-order valence-electron chi connectivity index (χ4n) is 2.92. The molecule has 1 aliphatic rings. The topological polar surface area (TPSA) is 67.8 Å². The zero-order valence-electron chi connectivity index (χ0n) is 14.3. The van der Waals surface area contributed by atoms with Gasteiger partial charge in [0, 0.05) is 7.11 Å². The van der Waals surface area contributed by atoms with Gasteiger partial charge in [-0.05, 0) is 35.1 Å². The molecular formula is C20H23NO4. The van der Waals surface area contributed by atoms with Crippen LogP contribution in [0, 0.1) is 0 Å². The summed E-state index contributed by atoms with van der Waals surface area (Å²) in [6, 6.07) is 16.4. The molecule has 0 heterocycles. The Bertz CT molecular complexity index is 705. The maximum atomic E-state index is 10.9. The van der Waals surface area contributed by atoms with E-state index in [1.54, 1.807) is 7.11 Å². The van der Waals surface area contributed by atoms with Crippen LogP contribution in [-0.4, -0.2) is 31.5 Å². The van der Waals surface area contributed by atoms with Gasteiger partial charge in [0.25, 0.3) is 0 Å². The highest BCUT2D eigenvalue weighted by molar-refractivity contribution is 5.68. The molecule has 0 atom stereocenters. The summed E-state index contributed by atoms with van der Waals surface area (Å²) >= 11 is 0. The summed E-state index contributed by atoms with van der Waals surface area (Å²) in [6.45, 7) is 1.76. The molecule has 5 nitrogen and oxygen atoms in total. The third-order valence-corrected chi connectivity index (χ3v) is 4.52. The zero-order chi connectivity index (χ0) is 17.7. The number of carbonyl (C=O) groups is 1. The summed E-state index contributed by atoms with van der Waals surface area (Å²) in [6.07, 6.45) is 0.747. The Morgan fingerprint density at radius 1 is 1.04 bits per heavy atom. The van der Waals surface area contributed by atoms with E-state index in [4.69, 9.17) is 14.6 Å². The Morgan fingerprint density at radius 2 is 1.64 bits per heavy atom. The van der Waals surface area contributed by atoms with E-state index in [1.165, 1.54) is 0 Å². The number of ether oxygens (including phenoxy) is 2. The van der Waals surface area contributed by atoms with E-state index in [1.807, 2.05) is 24.3 Å². The van der Waals surface area contributed by atoms with Crippen LogP contribution in [0.1, 0.15) is 24.0 Å². The first-order chi connectivity index (χ1) is 12.1. The number of amides is 1. The van der Waals surface area contributed by atoms with Crippen molar-refractivity contribution in [1.29, 1.82) is 0 Å². The average molecular weight is 341 g/mol. The molecule has 0 unspecified atom stereocenters. The average Bonchev–Trinajstić information content (AvgIpc) is 3.39. The van der Waals surface area contributed by atoms with E-state index in [0.29, 0.717) is 19.8 Å². The van der Waals surface area contributed by atoms with Crippen molar-refractivity contribution < 1.29 is 19.4 Å². The van der Waals surface area contributed by atoms with Gasteiger partial charge in [-0.1, -0.05) is 48.5 Å². The Labute approximate surface area is 147 Å². The first-order valence-electron chi connectivity index (χ1n) is 8.41. The molecule has 1 saturated carbocycles. The van der Waals surface area contributed by atoms with E-state index in [-0.39, 0.29) is 5.54 Å². The lowest BCUT2D eigenvalue weighted by Crippen LogP contribution is -2.33. The van der Waals surface area contributed by atoms with Gasteiger partial charge in [-0.2, -0.15) is 0 Å². The molecule has 0 aliphatic heterocycles. The molecule has 2 N–H and O–H groups in total. The SMILES string of the molecule is COCCOCc1ccc(-c2ccc(C3(NC(=O)O)CC3)cc2)cc1. The molecule has 0 radical (unpaired) electrons. The molecule has 1 fully saturated rings. The van der Waals surface area contributed by atoms with Crippen molar-refractivity contribution in [3.63, 3.8) is 0 Å². The number of hydrogen-bond acceptors (Lipinski definition) is 3. The highest BCUT2D eigenvalue weighted by Gasteiger charge is 2.45. The minimum Gasteiger partial charge on any atom is -0.465 e. The molecule has 1 amide bonds. The third kappa shape index (κ3) is 4.38. The van der Waals surface area contributed by atoms with Crippen molar-refractivity contribution in [2.75, 3.05) is 20.3 Å². The highest BCUT2D eigenvalue weighted by atomic mass is 16.5. The minimum atomic E-state index is -0.968. The summed E-state index contributed by atoms with van der Waals surface area (Å²) < 4.78 is 10.5. The number of carboxylic acid groups (broad SMARTS) is 1. The highest BCUT2D eigenvalue weighted by Crippen LogP contribution is 2.45. The van der Waals surface area contributed by atoms with E-state index in [2.05, 4.69) is 29.6 Å². The second-order valence-corrected chi connectivity index (χ2v) is 6.33. The number of nitrogens with one attached hydrogen (secondary N) is 1. The zero-order valence-corrected chi connectivity index (χ0v) is 14.3. The predicted molar refractivity (Wildman–Crippen MR) is 95.5 cm³/mol. The van der Waals surface area contributed by atoms with Crippen molar-refractivity contribution in [2.24, 2.45) is 0 Å². The maximum Gasteiger partial charge on any atom is 0.405 e. The van der Waals surface area contributed by atoms with Crippen LogP contribution in [0.25, 0.3) is 11.1 Å². The molecule has 3 rings (SSSR count). The molecule has 0 saturated heterocycles. The van der Waals surface area contributed by atoms with Gasteiger partial charge in [-0.3, -0.25) is 0 Å². The molecule has 2 aromatic rings. The quantitative estimate of drug-likeness (QED) is 0.717. The lowest BCUT2D eigenvalue weighted by molar-refractivity contribution is 0.0617. The van der Waals surface area contributed by atoms with Crippen LogP contribution in [0.2, 0.25) is 0 Å². The van der Waals surface area contributed by atoms with Crippen molar-refractivity contribution >= 4 is 6.09 Å². The largest absolute Gasteiger partial charge is 0.465 e. The van der Waals surface area contributed by atoms with Crippen LogP contribution in [0.15, 0.2) is 48.5 Å². The number of hydrogen-bond donors (Lipinski definition) is 2. The van der Waals surface area contributed by atoms with E-state index in [0.717, 1.165) is 35.1 Å². The molecular weight excluding hydrogens is 318 g/mol.